The molecule has 160 valence electrons. The molecule has 0 spiro atoms. The number of rotatable bonds is 10. The minimum absolute atomic E-state index is 0.0860. The number of anilines is 1. The van der Waals surface area contributed by atoms with Crippen LogP contribution in [-0.2, 0) is 30.5 Å². The first-order valence-electron chi connectivity index (χ1n) is 9.28. The van der Waals surface area contributed by atoms with Crippen LogP contribution in [0, 0.1) is 0 Å². The summed E-state index contributed by atoms with van der Waals surface area (Å²) in [6, 6.07) is 8.20. The molecule has 0 saturated heterocycles. The van der Waals surface area contributed by atoms with E-state index >= 15 is 0 Å². The van der Waals surface area contributed by atoms with E-state index in [1.165, 1.54) is 17.7 Å². The van der Waals surface area contributed by atoms with Crippen LogP contribution in [-0.4, -0.2) is 43.0 Å². The number of aryl methyl sites for hydroxylation is 1. The summed E-state index contributed by atoms with van der Waals surface area (Å²) < 4.78 is 33.2. The molecule has 0 saturated carbocycles. The predicted molar refractivity (Wildman–Crippen MR) is 113 cm³/mol. The average Bonchev–Trinajstić information content (AvgIpc) is 2.64. The summed E-state index contributed by atoms with van der Waals surface area (Å²) in [6.45, 7) is 3.27. The van der Waals surface area contributed by atoms with E-state index in [9.17, 15) is 18.0 Å². The molecule has 1 unspecified atom stereocenters. The highest BCUT2D eigenvalue weighted by Crippen LogP contribution is 2.17. The van der Waals surface area contributed by atoms with Crippen LogP contribution in [0.5, 0.6) is 5.75 Å². The van der Waals surface area contributed by atoms with Crippen LogP contribution >= 0.6 is 0 Å². The monoisotopic (exact) mass is 424 g/mol. The van der Waals surface area contributed by atoms with Crippen LogP contribution in [0.1, 0.15) is 19.0 Å². The number of benzene rings is 1. The largest absolute Gasteiger partial charge is 0.489 e. The molecule has 29 heavy (non-hydrogen) atoms. The summed E-state index contributed by atoms with van der Waals surface area (Å²) in [4.78, 5) is 23.6. The number of sulfonamides is 1. The summed E-state index contributed by atoms with van der Waals surface area (Å²) in [6.07, 6.45) is 2.41. The van der Waals surface area contributed by atoms with Crippen molar-refractivity contribution < 1.29 is 13.2 Å². The molecule has 1 atom stereocenters. The third kappa shape index (κ3) is 7.06. The second-order valence-corrected chi connectivity index (χ2v) is 8.76. The Morgan fingerprint density at radius 3 is 2.38 bits per heavy atom. The van der Waals surface area contributed by atoms with Crippen LogP contribution in [0.25, 0.3) is 0 Å². The molecule has 1 heterocycles. The summed E-state index contributed by atoms with van der Waals surface area (Å²) in [5.41, 5.74) is 0.582. The van der Waals surface area contributed by atoms with Crippen molar-refractivity contribution in [3.05, 3.63) is 56.9 Å². The highest BCUT2D eigenvalue weighted by Gasteiger charge is 2.07. The summed E-state index contributed by atoms with van der Waals surface area (Å²) in [7, 11) is -0.169. The third-order valence-electron chi connectivity index (χ3n) is 4.34. The molecule has 9 nitrogen and oxygen atoms in total. The Balaban J connectivity index is 1.74. The molecule has 0 bridgehead atoms. The molecule has 1 aromatic carbocycles. The van der Waals surface area contributed by atoms with Gasteiger partial charge in [-0.25, -0.2) is 13.2 Å². The number of nitrogens with zero attached hydrogens (tertiary/aromatic N) is 2. The molecule has 0 aliphatic heterocycles. The maximum absolute atomic E-state index is 11.9. The zero-order chi connectivity index (χ0) is 21.6. The maximum atomic E-state index is 11.9. The van der Waals surface area contributed by atoms with Gasteiger partial charge in [0.25, 0.3) is 5.56 Å². The second-order valence-electron chi connectivity index (χ2n) is 7.01. The van der Waals surface area contributed by atoms with E-state index < -0.39 is 10.0 Å². The average molecular weight is 425 g/mol. The summed E-state index contributed by atoms with van der Waals surface area (Å²) in [5.74, 6) is 0.647. The third-order valence-corrected chi connectivity index (χ3v) is 4.94. The van der Waals surface area contributed by atoms with Gasteiger partial charge in [0.05, 0.1) is 6.26 Å². The standard InChI is InChI=1S/C19H28N4O5S/c1-14(28-17-9-7-15(8-10-17)21-29(4,26)27)13-20-11-5-6-16-12-18(24)23(3)19(25)22(16)2/h7-10,12,14,20-21H,5-6,11,13H2,1-4H3. The SMILES string of the molecule is CC(CNCCCc1cc(=O)n(C)c(=O)n1C)Oc1ccc(NS(C)(=O)=O)cc1. The smallest absolute Gasteiger partial charge is 0.330 e. The van der Waals surface area contributed by atoms with E-state index in [4.69, 9.17) is 4.74 Å². The lowest BCUT2D eigenvalue weighted by Gasteiger charge is -2.16. The Kier molecular flexibility index (Phi) is 7.63. The van der Waals surface area contributed by atoms with Crippen LogP contribution in [0.2, 0.25) is 0 Å². The number of hydrogen-bond acceptors (Lipinski definition) is 6. The Bertz CT molecular complexity index is 1040. The van der Waals surface area contributed by atoms with E-state index in [2.05, 4.69) is 10.0 Å². The first-order valence-corrected chi connectivity index (χ1v) is 11.2. The summed E-state index contributed by atoms with van der Waals surface area (Å²) in [5, 5.41) is 3.29. The zero-order valence-electron chi connectivity index (χ0n) is 17.1. The van der Waals surface area contributed by atoms with E-state index in [1.807, 2.05) is 6.92 Å². The van der Waals surface area contributed by atoms with Crippen molar-refractivity contribution in [2.45, 2.75) is 25.9 Å². The molecule has 1 aromatic heterocycles. The van der Waals surface area contributed by atoms with Crippen molar-refractivity contribution in [1.82, 2.24) is 14.5 Å². The first kappa shape index (κ1) is 22.7. The van der Waals surface area contributed by atoms with Gasteiger partial charge in [-0.3, -0.25) is 14.1 Å². The Labute approximate surface area is 170 Å². The summed E-state index contributed by atoms with van der Waals surface area (Å²) >= 11 is 0. The molecule has 0 fully saturated rings. The van der Waals surface area contributed by atoms with Crippen LogP contribution in [0.4, 0.5) is 5.69 Å². The fourth-order valence-electron chi connectivity index (χ4n) is 2.81. The Hall–Kier alpha value is -2.59. The highest BCUT2D eigenvalue weighted by molar-refractivity contribution is 7.92. The number of ether oxygens (including phenoxy) is 1. The molecule has 0 amide bonds. The fraction of sp³-hybridized carbons (Fsp3) is 0.474. The fourth-order valence-corrected chi connectivity index (χ4v) is 3.37. The van der Waals surface area contributed by atoms with Gasteiger partial charge in [-0.1, -0.05) is 0 Å². The molecule has 2 N–H and O–H groups in total. The number of hydrogen-bond donors (Lipinski definition) is 2. The van der Waals surface area contributed by atoms with Crippen molar-refractivity contribution in [1.29, 1.82) is 0 Å². The molecule has 2 aromatic rings. The number of nitrogens with one attached hydrogen (secondary N) is 2. The lowest BCUT2D eigenvalue weighted by molar-refractivity contribution is 0.217. The minimum atomic E-state index is -3.30. The van der Waals surface area contributed by atoms with Crippen LogP contribution < -0.4 is 26.0 Å². The normalized spacial score (nSPS) is 12.6. The van der Waals surface area contributed by atoms with E-state index in [0.717, 1.165) is 17.2 Å². The molecule has 10 heteroatoms. The predicted octanol–water partition coefficient (Wildman–Crippen LogP) is 0.445. The van der Waals surface area contributed by atoms with Crippen molar-refractivity contribution in [3.63, 3.8) is 0 Å². The van der Waals surface area contributed by atoms with Gasteiger partial charge in [0, 0.05) is 38.1 Å². The van der Waals surface area contributed by atoms with Gasteiger partial charge in [-0.05, 0) is 50.6 Å². The lowest BCUT2D eigenvalue weighted by atomic mass is 10.2. The quantitative estimate of drug-likeness (QED) is 0.536. The zero-order valence-corrected chi connectivity index (χ0v) is 18.0. The second kappa shape index (κ2) is 9.75. The minimum Gasteiger partial charge on any atom is -0.489 e. The van der Waals surface area contributed by atoms with Gasteiger partial charge < -0.3 is 14.6 Å². The molecule has 2 rings (SSSR count). The Morgan fingerprint density at radius 1 is 1.10 bits per heavy atom. The lowest BCUT2D eigenvalue weighted by Crippen LogP contribution is -2.38. The highest BCUT2D eigenvalue weighted by atomic mass is 32.2. The van der Waals surface area contributed by atoms with Crippen molar-refractivity contribution in [2.75, 3.05) is 24.1 Å². The molecule has 0 radical (unpaired) electrons. The molecular formula is C19H28N4O5S. The van der Waals surface area contributed by atoms with Crippen LogP contribution in [0.15, 0.2) is 39.9 Å². The molecular weight excluding hydrogens is 396 g/mol. The van der Waals surface area contributed by atoms with Gasteiger partial charge >= 0.3 is 5.69 Å². The van der Waals surface area contributed by atoms with Gasteiger partial charge in [0.2, 0.25) is 10.0 Å². The number of aromatic nitrogens is 2. The van der Waals surface area contributed by atoms with Gasteiger partial charge in [-0.2, -0.15) is 0 Å². The van der Waals surface area contributed by atoms with E-state index in [-0.39, 0.29) is 17.4 Å². The first-order chi connectivity index (χ1) is 13.6. The molecule has 0 aliphatic carbocycles. The van der Waals surface area contributed by atoms with E-state index in [1.54, 1.807) is 31.3 Å². The van der Waals surface area contributed by atoms with E-state index in [0.29, 0.717) is 36.6 Å². The van der Waals surface area contributed by atoms with Crippen molar-refractivity contribution in [2.24, 2.45) is 14.1 Å². The Morgan fingerprint density at radius 2 is 1.76 bits per heavy atom. The van der Waals surface area contributed by atoms with Crippen molar-refractivity contribution >= 4 is 15.7 Å². The van der Waals surface area contributed by atoms with Gasteiger partial charge in [-0.15, -0.1) is 0 Å². The topological polar surface area (TPSA) is 111 Å². The van der Waals surface area contributed by atoms with Gasteiger partial charge in [0.1, 0.15) is 11.9 Å². The van der Waals surface area contributed by atoms with Crippen molar-refractivity contribution in [3.8, 4) is 5.75 Å². The van der Waals surface area contributed by atoms with Gasteiger partial charge in [0.15, 0.2) is 0 Å². The molecule has 0 aliphatic rings. The van der Waals surface area contributed by atoms with Crippen LogP contribution in [0.3, 0.4) is 0 Å². The maximum Gasteiger partial charge on any atom is 0.330 e.